The molecule has 1 aliphatic rings. The van der Waals surface area contributed by atoms with Crippen molar-refractivity contribution in [3.8, 4) is 0 Å². The van der Waals surface area contributed by atoms with Crippen LogP contribution in [0.1, 0.15) is 34.4 Å². The van der Waals surface area contributed by atoms with Crippen molar-refractivity contribution in [2.24, 2.45) is 0 Å². The van der Waals surface area contributed by atoms with E-state index in [0.717, 1.165) is 19.3 Å². The molecule has 1 aliphatic heterocycles. The third kappa shape index (κ3) is 1.51. The Morgan fingerprint density at radius 1 is 1.67 bits per heavy atom. The van der Waals surface area contributed by atoms with Crippen LogP contribution in [0.5, 0.6) is 0 Å². The summed E-state index contributed by atoms with van der Waals surface area (Å²) in [7, 11) is 0. The van der Waals surface area contributed by atoms with Gasteiger partial charge in [-0.2, -0.15) is 0 Å². The fourth-order valence-corrected chi connectivity index (χ4v) is 7.01. The van der Waals surface area contributed by atoms with Gasteiger partial charge in [0.05, 0.1) is 0 Å². The van der Waals surface area contributed by atoms with Crippen molar-refractivity contribution in [2.45, 2.75) is 47.6 Å². The molecule has 1 fully saturated rings. The molecule has 0 aromatic rings. The molecule has 0 amide bonds. The minimum absolute atomic E-state index is 0.00926. The van der Waals surface area contributed by atoms with Crippen molar-refractivity contribution in [3.05, 3.63) is 0 Å². The average Bonchev–Trinajstić information content (AvgIpc) is 2.44. The summed E-state index contributed by atoms with van der Waals surface area (Å²) >= 11 is -3.76. The monoisotopic (exact) mass is 194 g/mol. The Balaban J connectivity index is 3.19. The van der Waals surface area contributed by atoms with Crippen LogP contribution in [0.3, 0.4) is 0 Å². The van der Waals surface area contributed by atoms with Crippen LogP contribution in [0.4, 0.5) is 0 Å². The number of hydrogen-bond acceptors (Lipinski definition) is 0. The van der Waals surface area contributed by atoms with Crippen molar-refractivity contribution < 1.29 is 8.22 Å². The molecule has 0 aromatic carbocycles. The third-order valence-electron chi connectivity index (χ3n) is 2.31. The van der Waals surface area contributed by atoms with Gasteiger partial charge in [-0.05, 0) is 0 Å². The molecule has 54 valence electrons. The van der Waals surface area contributed by atoms with Gasteiger partial charge in [0.25, 0.3) is 0 Å². The van der Waals surface area contributed by atoms with Crippen LogP contribution in [0.25, 0.3) is 0 Å². The first-order valence-electron chi connectivity index (χ1n) is 6.67. The third-order valence-corrected chi connectivity index (χ3v) is 9.10. The van der Waals surface area contributed by atoms with E-state index in [1.54, 1.807) is 0 Å². The minimum atomic E-state index is -3.76. The molecule has 1 atom stereocenters. The summed E-state index contributed by atoms with van der Waals surface area (Å²) in [6, 6.07) is 0. The topological polar surface area (TPSA) is 0 Å². The maximum absolute atomic E-state index is 7.62. The van der Waals surface area contributed by atoms with E-state index in [2.05, 4.69) is 0 Å². The fraction of sp³-hybridized carbons (Fsp3) is 1.00. The molecule has 1 saturated heterocycles. The van der Waals surface area contributed by atoms with Crippen molar-refractivity contribution >= 4 is 13.3 Å². The van der Waals surface area contributed by atoms with Crippen molar-refractivity contribution in [1.82, 2.24) is 0 Å². The van der Waals surface area contributed by atoms with Gasteiger partial charge in [0.2, 0.25) is 0 Å². The van der Waals surface area contributed by atoms with E-state index < -0.39 is 24.6 Å². The van der Waals surface area contributed by atoms with E-state index in [1.165, 1.54) is 0 Å². The Kier molecular flexibility index (Phi) is 0.849. The molecule has 0 aromatic heterocycles. The van der Waals surface area contributed by atoms with Gasteiger partial charge in [0.1, 0.15) is 0 Å². The van der Waals surface area contributed by atoms with Crippen molar-refractivity contribution in [1.29, 1.82) is 0 Å². The normalized spacial score (nSPS) is 45.7. The second-order valence-electron chi connectivity index (χ2n) is 2.97. The standard InChI is InChI=1S/C8H18Ge/c1-4-8-6-5-7-9(8,2)3/h8H,4-7H2,1-3H3/i2D3,3D3. The quantitative estimate of drug-likeness (QED) is 0.560. The second-order valence-corrected chi connectivity index (χ2v) is 9.81. The molecule has 1 heterocycles. The SMILES string of the molecule is [2H][C]([2H])([2H])[Ge]1([C]([2H])([2H])[2H])[CH2]CC[CH]1CC. The van der Waals surface area contributed by atoms with E-state index >= 15 is 0 Å². The predicted octanol–water partition coefficient (Wildman–Crippen LogP) is 3.27. The number of rotatable bonds is 1. The second kappa shape index (κ2) is 2.65. The zero-order chi connectivity index (χ0) is 11.9. The van der Waals surface area contributed by atoms with Crippen LogP contribution in [0.15, 0.2) is 0 Å². The zero-order valence-electron chi connectivity index (χ0n) is 11.9. The molecule has 9 heavy (non-hydrogen) atoms. The average molecular weight is 193 g/mol. The molecule has 0 spiro atoms. The molecule has 1 rings (SSSR count). The van der Waals surface area contributed by atoms with Gasteiger partial charge in [-0.15, -0.1) is 0 Å². The van der Waals surface area contributed by atoms with E-state index in [0.29, 0.717) is 5.25 Å². The van der Waals surface area contributed by atoms with Gasteiger partial charge in [-0.3, -0.25) is 0 Å². The van der Waals surface area contributed by atoms with Gasteiger partial charge in [0, 0.05) is 0 Å². The van der Waals surface area contributed by atoms with Gasteiger partial charge >= 0.3 is 69.0 Å². The van der Waals surface area contributed by atoms with Crippen molar-refractivity contribution in [2.75, 3.05) is 0 Å². The van der Waals surface area contributed by atoms with Crippen LogP contribution >= 0.6 is 0 Å². The fourth-order valence-electron chi connectivity index (χ4n) is 1.63. The van der Waals surface area contributed by atoms with Crippen molar-refractivity contribution in [3.63, 3.8) is 0 Å². The van der Waals surface area contributed by atoms with E-state index in [-0.39, 0.29) is 4.75 Å². The Labute approximate surface area is 69.8 Å². The predicted molar refractivity (Wildman–Crippen MR) is 45.6 cm³/mol. The van der Waals surface area contributed by atoms with E-state index in [9.17, 15) is 0 Å². The summed E-state index contributed by atoms with van der Waals surface area (Å²) in [6.07, 6.45) is 2.33. The maximum atomic E-state index is 7.62. The van der Waals surface area contributed by atoms with Crippen LogP contribution in [0, 0.1) is 0 Å². The van der Waals surface area contributed by atoms with Crippen LogP contribution in [-0.2, 0) is 0 Å². The van der Waals surface area contributed by atoms with Gasteiger partial charge in [-0.25, -0.2) is 0 Å². The first-order chi connectivity index (χ1) is 6.67. The summed E-state index contributed by atoms with van der Waals surface area (Å²) in [5, 5.41) is 0.492. The van der Waals surface area contributed by atoms with Crippen LogP contribution in [0.2, 0.25) is 21.4 Å². The first-order valence-corrected chi connectivity index (χ1v) is 8.46. The van der Waals surface area contributed by atoms with E-state index in [4.69, 9.17) is 8.22 Å². The molecule has 0 bridgehead atoms. The summed E-state index contributed by atoms with van der Waals surface area (Å²) in [5.41, 5.74) is -4.38. The van der Waals surface area contributed by atoms with E-state index in [1.807, 2.05) is 6.92 Å². The molecule has 0 radical (unpaired) electrons. The van der Waals surface area contributed by atoms with Crippen LogP contribution in [-0.4, -0.2) is 13.3 Å². The summed E-state index contributed by atoms with van der Waals surface area (Å²) < 4.78 is 45.7. The van der Waals surface area contributed by atoms with Gasteiger partial charge < -0.3 is 0 Å². The summed E-state index contributed by atoms with van der Waals surface area (Å²) in [4.78, 5) is 0. The number of hydrogen-bond donors (Lipinski definition) is 0. The van der Waals surface area contributed by atoms with Gasteiger partial charge in [0.15, 0.2) is 0 Å². The molecule has 1 unspecified atom stereocenters. The molecule has 0 aliphatic carbocycles. The zero-order valence-corrected chi connectivity index (χ0v) is 8.00. The molecule has 0 N–H and O–H groups in total. The van der Waals surface area contributed by atoms with Gasteiger partial charge in [-0.1, -0.05) is 0 Å². The Bertz CT molecular complexity index is 216. The molecular weight excluding hydrogens is 169 g/mol. The molecular formula is C8H18Ge. The summed E-state index contributed by atoms with van der Waals surface area (Å²) in [6.45, 7) is 1.92. The molecule has 1 heteroatoms. The molecule has 0 saturated carbocycles. The Hall–Kier alpha value is 0.543. The molecule has 0 nitrogen and oxygen atoms in total. The Morgan fingerprint density at radius 3 is 2.89 bits per heavy atom. The first kappa shape index (κ1) is 2.88. The van der Waals surface area contributed by atoms with Crippen LogP contribution < -0.4 is 0 Å². The Morgan fingerprint density at radius 2 is 2.44 bits per heavy atom. The summed E-state index contributed by atoms with van der Waals surface area (Å²) in [5.74, 6) is 0.